The standard InChI is InChI=1S/C15H25BrOS/c16-11-6-4-2-1-3-5-7-12-17-13-10-15-9-8-14-18-15/h8-9,14H,1-7,10-13H2. The summed E-state index contributed by atoms with van der Waals surface area (Å²) in [6.07, 6.45) is 10.5. The van der Waals surface area contributed by atoms with Gasteiger partial charge in [-0.3, -0.25) is 0 Å². The Morgan fingerprint density at radius 2 is 1.67 bits per heavy atom. The van der Waals surface area contributed by atoms with E-state index in [1.165, 1.54) is 49.8 Å². The van der Waals surface area contributed by atoms with Crippen LogP contribution >= 0.6 is 27.3 Å². The normalized spacial score (nSPS) is 10.9. The van der Waals surface area contributed by atoms with Gasteiger partial charge in [0.15, 0.2) is 0 Å². The van der Waals surface area contributed by atoms with E-state index in [1.807, 2.05) is 11.3 Å². The van der Waals surface area contributed by atoms with E-state index >= 15 is 0 Å². The molecule has 1 aromatic heterocycles. The minimum atomic E-state index is 0.881. The average Bonchev–Trinajstić information content (AvgIpc) is 2.89. The minimum absolute atomic E-state index is 0.881. The first-order valence-electron chi connectivity index (χ1n) is 7.09. The monoisotopic (exact) mass is 332 g/mol. The third-order valence-corrected chi connectivity index (χ3v) is 4.49. The fourth-order valence-electron chi connectivity index (χ4n) is 1.91. The lowest BCUT2D eigenvalue weighted by Gasteiger charge is -2.03. The number of unbranched alkanes of at least 4 members (excludes halogenated alkanes) is 6. The number of ether oxygens (including phenoxy) is 1. The Labute approximate surface area is 124 Å². The number of thiophene rings is 1. The highest BCUT2D eigenvalue weighted by Gasteiger charge is 1.95. The predicted molar refractivity (Wildman–Crippen MR) is 85.0 cm³/mol. The van der Waals surface area contributed by atoms with Crippen LogP contribution in [0.15, 0.2) is 17.5 Å². The molecule has 1 aromatic rings. The molecular weight excluding hydrogens is 308 g/mol. The van der Waals surface area contributed by atoms with Crippen molar-refractivity contribution in [3.05, 3.63) is 22.4 Å². The largest absolute Gasteiger partial charge is 0.381 e. The Balaban J connectivity index is 1.73. The van der Waals surface area contributed by atoms with Crippen molar-refractivity contribution in [3.63, 3.8) is 0 Å². The van der Waals surface area contributed by atoms with Gasteiger partial charge in [-0.25, -0.2) is 0 Å². The van der Waals surface area contributed by atoms with Gasteiger partial charge in [0.1, 0.15) is 0 Å². The first-order chi connectivity index (χ1) is 8.93. The van der Waals surface area contributed by atoms with Crippen molar-refractivity contribution in [2.24, 2.45) is 0 Å². The lowest BCUT2D eigenvalue weighted by atomic mass is 10.1. The topological polar surface area (TPSA) is 9.23 Å². The van der Waals surface area contributed by atoms with Crippen molar-refractivity contribution in [2.45, 2.75) is 51.4 Å². The van der Waals surface area contributed by atoms with Gasteiger partial charge in [-0.15, -0.1) is 11.3 Å². The van der Waals surface area contributed by atoms with Crippen molar-refractivity contribution in [1.29, 1.82) is 0 Å². The van der Waals surface area contributed by atoms with E-state index in [2.05, 4.69) is 33.4 Å². The van der Waals surface area contributed by atoms with Crippen LogP contribution in [0.25, 0.3) is 0 Å². The summed E-state index contributed by atoms with van der Waals surface area (Å²) in [5, 5.41) is 3.29. The van der Waals surface area contributed by atoms with Crippen molar-refractivity contribution >= 4 is 27.3 Å². The van der Waals surface area contributed by atoms with E-state index in [4.69, 9.17) is 4.74 Å². The zero-order chi connectivity index (χ0) is 12.9. The zero-order valence-corrected chi connectivity index (χ0v) is 13.6. The average molecular weight is 333 g/mol. The van der Waals surface area contributed by atoms with E-state index in [0.717, 1.165) is 25.0 Å². The molecule has 0 fully saturated rings. The molecule has 0 saturated carbocycles. The maximum atomic E-state index is 5.65. The van der Waals surface area contributed by atoms with Gasteiger partial charge in [-0.05, 0) is 24.3 Å². The molecule has 1 rings (SSSR count). The molecule has 0 saturated heterocycles. The molecule has 18 heavy (non-hydrogen) atoms. The second-order valence-electron chi connectivity index (χ2n) is 4.61. The molecule has 0 aliphatic rings. The van der Waals surface area contributed by atoms with Gasteiger partial charge in [0.2, 0.25) is 0 Å². The first-order valence-corrected chi connectivity index (χ1v) is 9.09. The molecule has 0 aromatic carbocycles. The molecule has 0 aliphatic heterocycles. The maximum absolute atomic E-state index is 5.65. The summed E-state index contributed by atoms with van der Waals surface area (Å²) in [6, 6.07) is 4.29. The highest BCUT2D eigenvalue weighted by molar-refractivity contribution is 9.09. The van der Waals surface area contributed by atoms with E-state index < -0.39 is 0 Å². The molecule has 104 valence electrons. The molecule has 1 nitrogen and oxygen atoms in total. The van der Waals surface area contributed by atoms with Crippen LogP contribution in [0.1, 0.15) is 49.8 Å². The Bertz CT molecular complexity index is 261. The fraction of sp³-hybridized carbons (Fsp3) is 0.733. The van der Waals surface area contributed by atoms with E-state index in [1.54, 1.807) is 0 Å². The summed E-state index contributed by atoms with van der Waals surface area (Å²) >= 11 is 5.29. The maximum Gasteiger partial charge on any atom is 0.0514 e. The highest BCUT2D eigenvalue weighted by atomic mass is 79.9. The van der Waals surface area contributed by atoms with Gasteiger partial charge in [0, 0.05) is 23.2 Å². The molecule has 3 heteroatoms. The van der Waals surface area contributed by atoms with Crippen LogP contribution < -0.4 is 0 Å². The van der Waals surface area contributed by atoms with Crippen LogP contribution in [0.4, 0.5) is 0 Å². The molecule has 0 bridgehead atoms. The van der Waals surface area contributed by atoms with Gasteiger partial charge in [-0.2, -0.15) is 0 Å². The quantitative estimate of drug-likeness (QED) is 0.366. The first kappa shape index (κ1) is 16.2. The SMILES string of the molecule is BrCCCCCCCCCOCCc1cccs1. The molecule has 0 unspecified atom stereocenters. The molecule has 0 radical (unpaired) electrons. The van der Waals surface area contributed by atoms with Crippen molar-refractivity contribution < 1.29 is 4.74 Å². The summed E-state index contributed by atoms with van der Waals surface area (Å²) in [7, 11) is 0. The lowest BCUT2D eigenvalue weighted by molar-refractivity contribution is 0.133. The third-order valence-electron chi connectivity index (χ3n) is 3.00. The summed E-state index contributed by atoms with van der Waals surface area (Å²) in [5.41, 5.74) is 0. The van der Waals surface area contributed by atoms with Crippen LogP contribution in [-0.2, 0) is 11.2 Å². The Morgan fingerprint density at radius 1 is 0.944 bits per heavy atom. The van der Waals surface area contributed by atoms with E-state index in [0.29, 0.717) is 0 Å². The second kappa shape index (κ2) is 12.2. The number of hydrogen-bond donors (Lipinski definition) is 0. The van der Waals surface area contributed by atoms with Crippen LogP contribution in [0.3, 0.4) is 0 Å². The number of halogens is 1. The van der Waals surface area contributed by atoms with Crippen molar-refractivity contribution in [1.82, 2.24) is 0 Å². The summed E-state index contributed by atoms with van der Waals surface area (Å²) < 4.78 is 5.65. The van der Waals surface area contributed by atoms with Gasteiger partial charge < -0.3 is 4.74 Å². The molecule has 0 spiro atoms. The summed E-state index contributed by atoms with van der Waals surface area (Å²) in [6.45, 7) is 1.82. The second-order valence-corrected chi connectivity index (χ2v) is 6.43. The summed E-state index contributed by atoms with van der Waals surface area (Å²) in [4.78, 5) is 1.43. The van der Waals surface area contributed by atoms with Crippen molar-refractivity contribution in [3.8, 4) is 0 Å². The molecule has 1 heterocycles. The molecule has 0 aliphatic carbocycles. The van der Waals surface area contributed by atoms with Gasteiger partial charge in [0.05, 0.1) is 6.61 Å². The van der Waals surface area contributed by atoms with Gasteiger partial charge in [-0.1, -0.05) is 54.1 Å². The Hall–Kier alpha value is 0.140. The number of rotatable bonds is 12. The molecule has 0 atom stereocenters. The predicted octanol–water partition coefficient (Wildman–Crippen LogP) is 5.43. The minimum Gasteiger partial charge on any atom is -0.381 e. The fourth-order valence-corrected chi connectivity index (χ4v) is 3.00. The van der Waals surface area contributed by atoms with Gasteiger partial charge >= 0.3 is 0 Å². The highest BCUT2D eigenvalue weighted by Crippen LogP contribution is 2.10. The lowest BCUT2D eigenvalue weighted by Crippen LogP contribution is -1.99. The third kappa shape index (κ3) is 9.12. The Morgan fingerprint density at radius 3 is 2.33 bits per heavy atom. The van der Waals surface area contributed by atoms with E-state index in [9.17, 15) is 0 Å². The Kier molecular flexibility index (Phi) is 11.0. The van der Waals surface area contributed by atoms with Crippen LogP contribution in [0, 0.1) is 0 Å². The molecule has 0 N–H and O–H groups in total. The molecule has 0 amide bonds. The van der Waals surface area contributed by atoms with Crippen LogP contribution in [-0.4, -0.2) is 18.5 Å². The summed E-state index contributed by atoms with van der Waals surface area (Å²) in [5.74, 6) is 0. The van der Waals surface area contributed by atoms with Crippen LogP contribution in [0.2, 0.25) is 0 Å². The smallest absolute Gasteiger partial charge is 0.0514 e. The van der Waals surface area contributed by atoms with Gasteiger partial charge in [0.25, 0.3) is 0 Å². The zero-order valence-electron chi connectivity index (χ0n) is 11.2. The van der Waals surface area contributed by atoms with E-state index in [-0.39, 0.29) is 0 Å². The number of hydrogen-bond acceptors (Lipinski definition) is 2. The number of alkyl halides is 1. The van der Waals surface area contributed by atoms with Crippen LogP contribution in [0.5, 0.6) is 0 Å². The van der Waals surface area contributed by atoms with Crippen molar-refractivity contribution in [2.75, 3.05) is 18.5 Å². The molecular formula is C15H25BrOS.